The van der Waals surface area contributed by atoms with Crippen molar-refractivity contribution in [3.8, 4) is 0 Å². The Kier molecular flexibility index (Phi) is 6.43. The molecule has 2 unspecified atom stereocenters. The molecule has 0 bridgehead atoms. The maximum atomic E-state index is 12.9. The third-order valence-electron chi connectivity index (χ3n) is 5.85. The van der Waals surface area contributed by atoms with Crippen molar-refractivity contribution >= 4 is 39.2 Å². The summed E-state index contributed by atoms with van der Waals surface area (Å²) in [5.41, 5.74) is 1.01. The molecule has 1 fully saturated rings. The van der Waals surface area contributed by atoms with Crippen molar-refractivity contribution in [1.82, 2.24) is 15.3 Å². The number of nitrogens with one attached hydrogen (secondary N) is 2. The fraction of sp³-hybridized carbons (Fsp3) is 0.650. The van der Waals surface area contributed by atoms with Crippen LogP contribution in [-0.2, 0) is 23.4 Å². The van der Waals surface area contributed by atoms with Crippen molar-refractivity contribution in [3.63, 3.8) is 0 Å². The van der Waals surface area contributed by atoms with Gasteiger partial charge in [0.05, 0.1) is 22.8 Å². The Balaban J connectivity index is 1.31. The molecule has 4 rings (SSSR count). The van der Waals surface area contributed by atoms with Crippen LogP contribution in [0.4, 0.5) is 13.2 Å². The first-order chi connectivity index (χ1) is 14.3. The highest BCUT2D eigenvalue weighted by Crippen LogP contribution is 2.37. The second-order valence-corrected chi connectivity index (χ2v) is 10.1. The van der Waals surface area contributed by atoms with E-state index in [9.17, 15) is 22.8 Å². The predicted molar refractivity (Wildman–Crippen MR) is 113 cm³/mol. The lowest BCUT2D eigenvalue weighted by molar-refractivity contribution is -0.184. The molecular formula is C20H24F3N3O2S2. The molecule has 30 heavy (non-hydrogen) atoms. The number of aromatic nitrogens is 2. The zero-order chi connectivity index (χ0) is 21.3. The van der Waals surface area contributed by atoms with Crippen LogP contribution in [0, 0.1) is 5.92 Å². The highest BCUT2D eigenvalue weighted by atomic mass is 32.2. The second kappa shape index (κ2) is 8.90. The van der Waals surface area contributed by atoms with Crippen LogP contribution in [0.3, 0.4) is 0 Å². The number of hydrogen-bond acceptors (Lipinski definition) is 5. The molecule has 164 valence electrons. The largest absolute Gasteiger partial charge is 0.391 e. The summed E-state index contributed by atoms with van der Waals surface area (Å²) in [5.74, 6) is -0.587. The topological polar surface area (TPSA) is 74.8 Å². The molecule has 2 aromatic rings. The number of thioether (sulfide) groups is 1. The van der Waals surface area contributed by atoms with Crippen LogP contribution in [0.2, 0.25) is 0 Å². The van der Waals surface area contributed by atoms with E-state index in [1.165, 1.54) is 16.6 Å². The molecule has 0 radical (unpaired) electrons. The number of thiophene rings is 1. The summed E-state index contributed by atoms with van der Waals surface area (Å²) in [6, 6.07) is -0.426. The smallest absolute Gasteiger partial charge is 0.353 e. The minimum Gasteiger partial charge on any atom is -0.353 e. The summed E-state index contributed by atoms with van der Waals surface area (Å²) in [6.45, 7) is 0. The van der Waals surface area contributed by atoms with E-state index in [4.69, 9.17) is 0 Å². The maximum Gasteiger partial charge on any atom is 0.391 e. The van der Waals surface area contributed by atoms with Gasteiger partial charge < -0.3 is 10.3 Å². The van der Waals surface area contributed by atoms with Gasteiger partial charge in [-0.05, 0) is 50.5 Å². The molecule has 2 aromatic heterocycles. The zero-order valence-electron chi connectivity index (χ0n) is 16.4. The van der Waals surface area contributed by atoms with Gasteiger partial charge in [-0.15, -0.1) is 23.1 Å². The minimum atomic E-state index is -4.20. The Labute approximate surface area is 180 Å². The summed E-state index contributed by atoms with van der Waals surface area (Å²) in [6.07, 6.45) is 1.09. The first-order valence-electron chi connectivity index (χ1n) is 10.3. The van der Waals surface area contributed by atoms with E-state index < -0.39 is 18.1 Å². The Morgan fingerprint density at radius 1 is 1.23 bits per heavy atom. The van der Waals surface area contributed by atoms with E-state index in [1.807, 2.05) is 0 Å². The van der Waals surface area contributed by atoms with Gasteiger partial charge in [0.1, 0.15) is 10.7 Å². The molecule has 0 saturated heterocycles. The monoisotopic (exact) mass is 459 g/mol. The molecule has 2 N–H and O–H groups in total. The molecule has 10 heteroatoms. The highest BCUT2D eigenvalue weighted by Gasteiger charge is 2.42. The third-order valence-corrected chi connectivity index (χ3v) is 7.98. The van der Waals surface area contributed by atoms with E-state index in [1.54, 1.807) is 11.3 Å². The molecule has 5 nitrogen and oxygen atoms in total. The quantitative estimate of drug-likeness (QED) is 0.698. The van der Waals surface area contributed by atoms with Gasteiger partial charge in [0.15, 0.2) is 0 Å². The Morgan fingerprint density at radius 2 is 2.03 bits per heavy atom. The van der Waals surface area contributed by atoms with Gasteiger partial charge in [0.25, 0.3) is 5.56 Å². The number of halogens is 3. The summed E-state index contributed by atoms with van der Waals surface area (Å²) in [4.78, 5) is 34.1. The lowest BCUT2D eigenvalue weighted by Crippen LogP contribution is -2.42. The Morgan fingerprint density at radius 3 is 2.83 bits per heavy atom. The standard InChI is InChI=1S/C20H24F3N3O2S2/c21-20(22,23)11-4-3-5-12(8-11)24-16(27)10-29-9-15-25-18(28)17-13-6-1-2-7-14(13)30-19(17)26-15/h11-12H,1-10H2,(H,24,27)(H,25,26,28). The average molecular weight is 460 g/mol. The number of rotatable bonds is 5. The number of aryl methyl sites for hydroxylation is 2. The van der Waals surface area contributed by atoms with Gasteiger partial charge in [-0.25, -0.2) is 4.98 Å². The normalized spacial score (nSPS) is 22.1. The first-order valence-corrected chi connectivity index (χ1v) is 12.3. The van der Waals surface area contributed by atoms with Crippen molar-refractivity contribution in [2.24, 2.45) is 5.92 Å². The molecule has 2 aliphatic rings. The zero-order valence-corrected chi connectivity index (χ0v) is 18.1. The van der Waals surface area contributed by atoms with Crippen molar-refractivity contribution in [3.05, 3.63) is 26.6 Å². The molecule has 2 atom stereocenters. The summed E-state index contributed by atoms with van der Waals surface area (Å²) in [5, 5.41) is 3.44. The molecule has 2 aliphatic carbocycles. The molecule has 0 aliphatic heterocycles. The molecular weight excluding hydrogens is 435 g/mol. The van der Waals surface area contributed by atoms with Crippen LogP contribution in [0.1, 0.15) is 54.8 Å². The number of H-pyrrole nitrogens is 1. The lowest BCUT2D eigenvalue weighted by atomic mass is 9.85. The number of nitrogens with zero attached hydrogens (tertiary/aromatic N) is 1. The van der Waals surface area contributed by atoms with Crippen molar-refractivity contribution in [2.45, 2.75) is 69.3 Å². The van der Waals surface area contributed by atoms with Gasteiger partial charge in [-0.2, -0.15) is 13.2 Å². The van der Waals surface area contributed by atoms with E-state index in [0.29, 0.717) is 29.8 Å². The lowest BCUT2D eigenvalue weighted by Gasteiger charge is -2.31. The second-order valence-electron chi connectivity index (χ2n) is 8.07. The Hall–Kier alpha value is -1.55. The van der Waals surface area contributed by atoms with Crippen LogP contribution < -0.4 is 10.9 Å². The van der Waals surface area contributed by atoms with Gasteiger partial charge in [-0.1, -0.05) is 6.42 Å². The number of aromatic amines is 1. The van der Waals surface area contributed by atoms with E-state index in [-0.39, 0.29) is 30.1 Å². The number of fused-ring (bicyclic) bond motifs is 3. The van der Waals surface area contributed by atoms with Crippen LogP contribution in [0.15, 0.2) is 4.79 Å². The maximum absolute atomic E-state index is 12.9. The molecule has 1 amide bonds. The van der Waals surface area contributed by atoms with Gasteiger partial charge >= 0.3 is 6.18 Å². The first kappa shape index (κ1) is 21.7. The summed E-state index contributed by atoms with van der Waals surface area (Å²) < 4.78 is 38.7. The number of hydrogen-bond donors (Lipinski definition) is 2. The summed E-state index contributed by atoms with van der Waals surface area (Å²) in [7, 11) is 0. The van der Waals surface area contributed by atoms with Crippen LogP contribution in [-0.4, -0.2) is 33.8 Å². The number of amides is 1. The van der Waals surface area contributed by atoms with Crippen molar-refractivity contribution in [1.29, 1.82) is 0 Å². The van der Waals surface area contributed by atoms with Gasteiger partial charge in [0.2, 0.25) is 5.91 Å². The summed E-state index contributed by atoms with van der Waals surface area (Å²) >= 11 is 2.88. The van der Waals surface area contributed by atoms with Crippen LogP contribution >= 0.6 is 23.1 Å². The van der Waals surface area contributed by atoms with Crippen molar-refractivity contribution in [2.75, 3.05) is 5.75 Å². The van der Waals surface area contributed by atoms with E-state index in [0.717, 1.165) is 36.1 Å². The molecule has 0 aromatic carbocycles. The highest BCUT2D eigenvalue weighted by molar-refractivity contribution is 7.99. The van der Waals surface area contributed by atoms with Crippen LogP contribution in [0.5, 0.6) is 0 Å². The molecule has 0 spiro atoms. The van der Waals surface area contributed by atoms with Gasteiger partial charge in [0, 0.05) is 10.9 Å². The predicted octanol–water partition coefficient (Wildman–Crippen LogP) is 4.33. The SMILES string of the molecule is O=C(CSCc1nc2sc3c(c2c(=O)[nH]1)CCCC3)NC1CCCC(C(F)(F)F)C1. The van der Waals surface area contributed by atoms with E-state index in [2.05, 4.69) is 15.3 Å². The third kappa shape index (κ3) is 4.85. The van der Waals surface area contributed by atoms with E-state index >= 15 is 0 Å². The average Bonchev–Trinajstić information content (AvgIpc) is 3.06. The number of alkyl halides is 3. The Bertz CT molecular complexity index is 986. The minimum absolute atomic E-state index is 0.0471. The fourth-order valence-corrected chi connectivity index (χ4v) is 6.39. The number of carbonyl (C=O) groups is 1. The molecule has 1 saturated carbocycles. The molecule has 2 heterocycles. The fourth-order valence-electron chi connectivity index (χ4n) is 4.40. The van der Waals surface area contributed by atoms with Crippen LogP contribution in [0.25, 0.3) is 10.2 Å². The number of carbonyl (C=O) groups excluding carboxylic acids is 1. The van der Waals surface area contributed by atoms with Crippen molar-refractivity contribution < 1.29 is 18.0 Å². The van der Waals surface area contributed by atoms with Gasteiger partial charge in [-0.3, -0.25) is 9.59 Å².